The molecule has 2 saturated carbocycles. The van der Waals surface area contributed by atoms with Crippen molar-refractivity contribution in [2.75, 3.05) is 0 Å². The average molecular weight is 250 g/mol. The van der Waals surface area contributed by atoms with Crippen LogP contribution in [-0.2, 0) is 4.79 Å². The van der Waals surface area contributed by atoms with Gasteiger partial charge in [-0.05, 0) is 55.6 Å². The molecule has 0 aromatic heterocycles. The monoisotopic (exact) mass is 250 g/mol. The van der Waals surface area contributed by atoms with Crippen LogP contribution >= 0.6 is 0 Å². The molecule has 0 aliphatic heterocycles. The van der Waals surface area contributed by atoms with Crippen molar-refractivity contribution in [2.45, 2.75) is 52.2 Å². The van der Waals surface area contributed by atoms with Crippen LogP contribution in [0.1, 0.15) is 40.5 Å². The molecule has 3 rings (SSSR count). The summed E-state index contributed by atoms with van der Waals surface area (Å²) in [5.41, 5.74) is -1.29. The van der Waals surface area contributed by atoms with Gasteiger partial charge in [-0.3, -0.25) is 4.79 Å². The molecule has 3 heteroatoms. The van der Waals surface area contributed by atoms with Gasteiger partial charge in [0, 0.05) is 0 Å². The van der Waals surface area contributed by atoms with Gasteiger partial charge in [-0.25, -0.2) is 0 Å². The fourth-order valence-corrected chi connectivity index (χ4v) is 4.93. The molecule has 0 aromatic rings. The molecule has 0 amide bonds. The first-order chi connectivity index (χ1) is 8.14. The molecule has 0 spiro atoms. The zero-order valence-electron chi connectivity index (χ0n) is 11.5. The van der Waals surface area contributed by atoms with Crippen LogP contribution in [0.3, 0.4) is 0 Å². The highest BCUT2D eigenvalue weighted by molar-refractivity contribution is 6.01. The maximum absolute atomic E-state index is 12.2. The molecule has 0 bridgehead atoms. The van der Waals surface area contributed by atoms with Crippen LogP contribution in [0.5, 0.6) is 0 Å². The van der Waals surface area contributed by atoms with Crippen molar-refractivity contribution in [2.24, 2.45) is 22.7 Å². The van der Waals surface area contributed by atoms with Crippen LogP contribution in [0, 0.1) is 22.7 Å². The van der Waals surface area contributed by atoms with E-state index >= 15 is 0 Å². The molecule has 5 unspecified atom stereocenters. The lowest BCUT2D eigenvalue weighted by Crippen LogP contribution is -2.51. The fraction of sp³-hybridized carbons (Fsp3) is 0.800. The number of allylic oxidation sites excluding steroid dienone is 1. The smallest absolute Gasteiger partial charge is 0.167 e. The number of hydrogen-bond acceptors (Lipinski definition) is 3. The van der Waals surface area contributed by atoms with E-state index in [1.54, 1.807) is 6.92 Å². The first-order valence-electron chi connectivity index (χ1n) is 6.78. The van der Waals surface area contributed by atoms with E-state index in [4.69, 9.17) is 0 Å². The summed E-state index contributed by atoms with van der Waals surface area (Å²) < 4.78 is 0. The minimum atomic E-state index is -1.14. The Morgan fingerprint density at radius 2 is 1.89 bits per heavy atom. The van der Waals surface area contributed by atoms with Gasteiger partial charge in [0.2, 0.25) is 0 Å². The second-order valence-electron chi connectivity index (χ2n) is 7.45. The van der Waals surface area contributed by atoms with Crippen molar-refractivity contribution in [1.82, 2.24) is 0 Å². The van der Waals surface area contributed by atoms with Crippen molar-refractivity contribution in [3.05, 3.63) is 11.6 Å². The Hall–Kier alpha value is -0.670. The Morgan fingerprint density at radius 1 is 1.28 bits per heavy atom. The van der Waals surface area contributed by atoms with Crippen LogP contribution < -0.4 is 0 Å². The number of aliphatic hydroxyl groups excluding tert-OH is 1. The maximum atomic E-state index is 12.2. The number of ketones is 1. The SMILES string of the molecule is CC1=CC(=O)C2(C)C(O)C3CC(C)(C)CC3C12O. The standard InChI is InChI=1S/C15H22O3/c1-8-5-11(16)14(4)12(17)9-6-13(2,3)7-10(9)15(8,14)18/h5,9-10,12,17-18H,6-7H2,1-4H3. The quantitative estimate of drug-likeness (QED) is 0.687. The average Bonchev–Trinajstić information content (AvgIpc) is 2.73. The molecule has 0 radical (unpaired) electrons. The van der Waals surface area contributed by atoms with Crippen molar-refractivity contribution in [1.29, 1.82) is 0 Å². The molecular formula is C15H22O3. The zero-order valence-corrected chi connectivity index (χ0v) is 11.5. The number of rotatable bonds is 0. The highest BCUT2D eigenvalue weighted by atomic mass is 16.3. The predicted octanol–water partition coefficient (Wildman–Crippen LogP) is 1.68. The second kappa shape index (κ2) is 3.07. The van der Waals surface area contributed by atoms with E-state index in [9.17, 15) is 15.0 Å². The zero-order chi connectivity index (χ0) is 13.5. The van der Waals surface area contributed by atoms with E-state index in [0.717, 1.165) is 18.4 Å². The van der Waals surface area contributed by atoms with E-state index in [-0.39, 0.29) is 23.0 Å². The lowest BCUT2D eigenvalue weighted by Gasteiger charge is -2.39. The summed E-state index contributed by atoms with van der Waals surface area (Å²) in [7, 11) is 0. The van der Waals surface area contributed by atoms with E-state index in [1.807, 2.05) is 6.92 Å². The van der Waals surface area contributed by atoms with Gasteiger partial charge in [0.25, 0.3) is 0 Å². The largest absolute Gasteiger partial charge is 0.392 e. The van der Waals surface area contributed by atoms with E-state index in [2.05, 4.69) is 13.8 Å². The Balaban J connectivity index is 2.14. The van der Waals surface area contributed by atoms with Crippen molar-refractivity contribution in [3.63, 3.8) is 0 Å². The van der Waals surface area contributed by atoms with E-state index in [0.29, 0.717) is 0 Å². The lowest BCUT2D eigenvalue weighted by molar-refractivity contribution is -0.141. The van der Waals surface area contributed by atoms with Crippen LogP contribution in [0.25, 0.3) is 0 Å². The molecule has 5 atom stereocenters. The summed E-state index contributed by atoms with van der Waals surface area (Å²) in [6.45, 7) is 7.91. The van der Waals surface area contributed by atoms with E-state index in [1.165, 1.54) is 6.08 Å². The number of carbonyl (C=O) groups excluding carboxylic acids is 1. The van der Waals surface area contributed by atoms with Crippen LogP contribution in [-0.4, -0.2) is 27.7 Å². The number of fused-ring (bicyclic) bond motifs is 3. The molecule has 18 heavy (non-hydrogen) atoms. The summed E-state index contributed by atoms with van der Waals surface area (Å²) >= 11 is 0. The van der Waals surface area contributed by atoms with Gasteiger partial charge in [0.05, 0.1) is 11.5 Å². The third kappa shape index (κ3) is 1.07. The Morgan fingerprint density at radius 3 is 2.50 bits per heavy atom. The van der Waals surface area contributed by atoms with Gasteiger partial charge >= 0.3 is 0 Å². The third-order valence-electron chi connectivity index (χ3n) is 5.86. The molecule has 3 aliphatic rings. The number of carbonyl (C=O) groups is 1. The van der Waals surface area contributed by atoms with Crippen LogP contribution in [0.2, 0.25) is 0 Å². The summed E-state index contributed by atoms with van der Waals surface area (Å²) in [5.74, 6) is -0.0555. The molecule has 3 aliphatic carbocycles. The topological polar surface area (TPSA) is 57.5 Å². The molecular weight excluding hydrogens is 228 g/mol. The molecule has 2 fully saturated rings. The van der Waals surface area contributed by atoms with Gasteiger partial charge < -0.3 is 10.2 Å². The van der Waals surface area contributed by atoms with Gasteiger partial charge in [-0.15, -0.1) is 0 Å². The van der Waals surface area contributed by atoms with Gasteiger partial charge in [-0.2, -0.15) is 0 Å². The highest BCUT2D eigenvalue weighted by Gasteiger charge is 2.74. The predicted molar refractivity (Wildman–Crippen MR) is 67.8 cm³/mol. The lowest BCUT2D eigenvalue weighted by atomic mass is 9.69. The Bertz CT molecular complexity index is 464. The minimum Gasteiger partial charge on any atom is -0.392 e. The van der Waals surface area contributed by atoms with E-state index < -0.39 is 17.1 Å². The normalized spacial score (nSPS) is 53.3. The van der Waals surface area contributed by atoms with Gasteiger partial charge in [0.1, 0.15) is 5.60 Å². The molecule has 100 valence electrons. The van der Waals surface area contributed by atoms with Crippen LogP contribution in [0.15, 0.2) is 11.6 Å². The Labute approximate surface area is 108 Å². The highest BCUT2D eigenvalue weighted by Crippen LogP contribution is 2.67. The third-order valence-corrected chi connectivity index (χ3v) is 5.86. The number of hydrogen-bond donors (Lipinski definition) is 2. The number of aliphatic hydroxyl groups is 2. The first-order valence-corrected chi connectivity index (χ1v) is 6.78. The minimum absolute atomic E-state index is 0.00944. The second-order valence-corrected chi connectivity index (χ2v) is 7.45. The van der Waals surface area contributed by atoms with Crippen molar-refractivity contribution in [3.8, 4) is 0 Å². The first kappa shape index (κ1) is 12.4. The molecule has 2 N–H and O–H groups in total. The summed E-state index contributed by atoms with van der Waals surface area (Å²) in [6, 6.07) is 0. The van der Waals surface area contributed by atoms with Gasteiger partial charge in [0.15, 0.2) is 5.78 Å². The Kier molecular flexibility index (Phi) is 2.11. The molecule has 0 aromatic carbocycles. The molecule has 0 heterocycles. The van der Waals surface area contributed by atoms with Crippen LogP contribution in [0.4, 0.5) is 0 Å². The summed E-state index contributed by atoms with van der Waals surface area (Å²) in [6.07, 6.45) is 2.57. The summed E-state index contributed by atoms with van der Waals surface area (Å²) in [4.78, 5) is 12.2. The van der Waals surface area contributed by atoms with Crippen molar-refractivity contribution >= 4 is 5.78 Å². The summed E-state index contributed by atoms with van der Waals surface area (Å²) in [5, 5.41) is 21.8. The van der Waals surface area contributed by atoms with Crippen molar-refractivity contribution < 1.29 is 15.0 Å². The molecule has 0 saturated heterocycles. The van der Waals surface area contributed by atoms with Gasteiger partial charge in [-0.1, -0.05) is 13.8 Å². The molecule has 3 nitrogen and oxygen atoms in total. The fourth-order valence-electron chi connectivity index (χ4n) is 4.93. The maximum Gasteiger partial charge on any atom is 0.167 e.